The predicted octanol–water partition coefficient (Wildman–Crippen LogP) is 7.78. The Morgan fingerprint density at radius 2 is 1.28 bits per heavy atom. The van der Waals surface area contributed by atoms with Gasteiger partial charge in [0.15, 0.2) is 0 Å². The molecule has 0 saturated carbocycles. The molecule has 1 fully saturated rings. The molecule has 0 amide bonds. The molecular formula is C36H37Cl2F2NO5. The van der Waals surface area contributed by atoms with Crippen molar-refractivity contribution in [3.63, 3.8) is 0 Å². The van der Waals surface area contributed by atoms with Gasteiger partial charge in [-0.25, -0.2) is 8.78 Å². The molecule has 1 aliphatic heterocycles. The van der Waals surface area contributed by atoms with E-state index in [-0.39, 0.29) is 35.9 Å². The fourth-order valence-corrected chi connectivity index (χ4v) is 5.91. The highest BCUT2D eigenvalue weighted by Gasteiger charge is 2.39. The number of likely N-dealkylation sites (tertiary alicyclic amines) is 1. The Balaban J connectivity index is 1.27. The summed E-state index contributed by atoms with van der Waals surface area (Å²) in [4.78, 5) is 1.78. The van der Waals surface area contributed by atoms with Gasteiger partial charge in [-0.2, -0.15) is 0 Å². The van der Waals surface area contributed by atoms with Gasteiger partial charge in [-0.3, -0.25) is 4.90 Å². The van der Waals surface area contributed by atoms with Crippen molar-refractivity contribution in [2.45, 2.75) is 44.4 Å². The second-order valence-corrected chi connectivity index (χ2v) is 12.0. The monoisotopic (exact) mass is 671 g/mol. The van der Waals surface area contributed by atoms with Crippen molar-refractivity contribution in [3.05, 3.63) is 135 Å². The van der Waals surface area contributed by atoms with Crippen LogP contribution >= 0.6 is 23.2 Å². The lowest BCUT2D eigenvalue weighted by molar-refractivity contribution is -0.114. The van der Waals surface area contributed by atoms with E-state index in [0.717, 1.165) is 17.5 Å². The molecule has 1 heterocycles. The molecule has 1 saturated heterocycles. The van der Waals surface area contributed by atoms with Gasteiger partial charge in [-0.1, -0.05) is 89.9 Å². The van der Waals surface area contributed by atoms with Crippen LogP contribution in [0.3, 0.4) is 0 Å². The molecule has 4 aromatic carbocycles. The van der Waals surface area contributed by atoms with E-state index in [0.29, 0.717) is 49.8 Å². The maximum absolute atomic E-state index is 14.7. The second-order valence-electron chi connectivity index (χ2n) is 11.1. The fourth-order valence-electron chi connectivity index (χ4n) is 5.52. The quantitative estimate of drug-likeness (QED) is 0.130. The van der Waals surface area contributed by atoms with E-state index >= 15 is 0 Å². The molecule has 0 aliphatic carbocycles. The third-order valence-electron chi connectivity index (χ3n) is 7.92. The Morgan fingerprint density at radius 1 is 0.696 bits per heavy atom. The maximum atomic E-state index is 14.7. The molecule has 0 bridgehead atoms. The first-order valence-corrected chi connectivity index (χ1v) is 15.9. The minimum Gasteiger partial charge on any atom is -0.494 e. The average molecular weight is 673 g/mol. The van der Waals surface area contributed by atoms with Crippen LogP contribution in [0.4, 0.5) is 8.78 Å². The molecule has 10 heteroatoms. The molecule has 0 radical (unpaired) electrons. The van der Waals surface area contributed by atoms with Gasteiger partial charge in [-0.15, -0.1) is 0 Å². The summed E-state index contributed by atoms with van der Waals surface area (Å²) in [6.45, 7) is 2.08. The smallest absolute Gasteiger partial charge is 0.147 e. The lowest BCUT2D eigenvalue weighted by Gasteiger charge is -2.43. The molecule has 1 unspecified atom stereocenters. The number of piperidine rings is 1. The lowest BCUT2D eigenvalue weighted by Crippen LogP contribution is -2.52. The zero-order chi connectivity index (χ0) is 32.3. The van der Waals surface area contributed by atoms with Crippen LogP contribution in [0.15, 0.2) is 91.0 Å². The third-order valence-corrected chi connectivity index (χ3v) is 8.51. The summed E-state index contributed by atoms with van der Waals surface area (Å²) in [7, 11) is 0. The summed E-state index contributed by atoms with van der Waals surface area (Å²) in [6, 6.07) is 27.2. The summed E-state index contributed by atoms with van der Waals surface area (Å²) in [5.41, 5.74) is 2.68. The van der Waals surface area contributed by atoms with Gasteiger partial charge in [0, 0.05) is 36.6 Å². The van der Waals surface area contributed by atoms with Crippen molar-refractivity contribution in [1.29, 1.82) is 0 Å². The number of halogens is 4. The van der Waals surface area contributed by atoms with Crippen molar-refractivity contribution < 1.29 is 32.8 Å². The first-order chi connectivity index (χ1) is 22.4. The van der Waals surface area contributed by atoms with Gasteiger partial charge in [0.2, 0.25) is 0 Å². The number of benzene rings is 4. The highest BCUT2D eigenvalue weighted by atomic mass is 35.5. The van der Waals surface area contributed by atoms with Crippen molar-refractivity contribution in [1.82, 2.24) is 4.90 Å². The first-order valence-electron chi connectivity index (χ1n) is 15.2. The molecule has 5 rings (SSSR count). The van der Waals surface area contributed by atoms with Crippen LogP contribution in [0.1, 0.15) is 34.6 Å². The number of aliphatic hydroxyl groups excluding tert-OH is 1. The summed E-state index contributed by atoms with van der Waals surface area (Å²) in [6.07, 6.45) is -0.260. The van der Waals surface area contributed by atoms with Crippen molar-refractivity contribution in [3.8, 4) is 5.75 Å². The molecule has 3 atom stereocenters. The first kappa shape index (κ1) is 34.3. The topological polar surface area (TPSA) is 60.4 Å². The standard InChI is InChI=1S/C36H37Cl2F2NO5/c37-30-11-4-9-27(35(30)39)22-45-32-19-41(24-42)20-33(46-23-28-10-5-12-31(38)36(28)40)34(32)26-13-15-29(16-14-26)44-18-6-17-43-21-25-7-2-1-3-8-25/h1-5,7-16,32-34,42H,6,17-24H2/t32-,33+,34?. The van der Waals surface area contributed by atoms with Crippen LogP contribution in [0, 0.1) is 11.6 Å². The number of hydrogen-bond donors (Lipinski definition) is 1. The van der Waals surface area contributed by atoms with Gasteiger partial charge in [0.1, 0.15) is 17.4 Å². The zero-order valence-corrected chi connectivity index (χ0v) is 26.8. The van der Waals surface area contributed by atoms with Crippen LogP contribution in [0.2, 0.25) is 10.0 Å². The van der Waals surface area contributed by atoms with Crippen molar-refractivity contribution in [2.24, 2.45) is 0 Å². The van der Waals surface area contributed by atoms with Crippen molar-refractivity contribution >= 4 is 23.2 Å². The van der Waals surface area contributed by atoms with E-state index in [4.69, 9.17) is 42.1 Å². The molecule has 1 N–H and O–H groups in total. The summed E-state index contributed by atoms with van der Waals surface area (Å²) in [5, 5.41) is 10.1. The molecule has 1 aliphatic rings. The molecule has 0 aromatic heterocycles. The van der Waals surface area contributed by atoms with E-state index in [1.54, 1.807) is 29.2 Å². The van der Waals surface area contributed by atoms with Gasteiger partial charge >= 0.3 is 0 Å². The maximum Gasteiger partial charge on any atom is 0.147 e. The largest absolute Gasteiger partial charge is 0.494 e. The Hall–Kier alpha value is -3.08. The number of aliphatic hydroxyl groups is 1. The Kier molecular flexibility index (Phi) is 12.8. The number of hydrogen-bond acceptors (Lipinski definition) is 6. The summed E-state index contributed by atoms with van der Waals surface area (Å²) in [5.74, 6) is -0.692. The van der Waals surface area contributed by atoms with Gasteiger partial charge in [0.05, 0.1) is 62.0 Å². The third kappa shape index (κ3) is 9.26. The Labute approximate surface area is 278 Å². The van der Waals surface area contributed by atoms with Gasteiger partial charge in [0.25, 0.3) is 0 Å². The number of rotatable bonds is 15. The predicted molar refractivity (Wildman–Crippen MR) is 174 cm³/mol. The minimum atomic E-state index is -0.535. The highest BCUT2D eigenvalue weighted by Crippen LogP contribution is 2.35. The Morgan fingerprint density at radius 3 is 1.85 bits per heavy atom. The van der Waals surface area contributed by atoms with Crippen LogP contribution in [0.5, 0.6) is 5.75 Å². The number of nitrogens with zero attached hydrogens (tertiary/aromatic N) is 1. The minimum absolute atomic E-state index is 0.0152. The van der Waals surface area contributed by atoms with Crippen LogP contribution in [0.25, 0.3) is 0 Å². The van der Waals surface area contributed by atoms with E-state index in [1.807, 2.05) is 54.6 Å². The molecular weight excluding hydrogens is 635 g/mol. The van der Waals surface area contributed by atoms with Crippen LogP contribution in [-0.4, -0.2) is 55.2 Å². The molecule has 244 valence electrons. The van der Waals surface area contributed by atoms with Gasteiger partial charge in [-0.05, 0) is 35.4 Å². The van der Waals surface area contributed by atoms with Gasteiger partial charge < -0.3 is 24.1 Å². The average Bonchev–Trinajstić information content (AvgIpc) is 3.08. The normalized spacial score (nSPS) is 18.5. The second kappa shape index (κ2) is 17.2. The van der Waals surface area contributed by atoms with E-state index < -0.39 is 23.8 Å². The van der Waals surface area contributed by atoms with Crippen molar-refractivity contribution in [2.75, 3.05) is 33.0 Å². The van der Waals surface area contributed by atoms with E-state index in [9.17, 15) is 13.9 Å². The molecule has 6 nitrogen and oxygen atoms in total. The molecule has 46 heavy (non-hydrogen) atoms. The SMILES string of the molecule is OCN1C[C@H](OCc2cccc(Cl)c2F)C(c2ccc(OCCCOCc3ccccc3)cc2)[C@H](OCc2cccc(Cl)c2F)C1. The zero-order valence-electron chi connectivity index (χ0n) is 25.3. The van der Waals surface area contributed by atoms with E-state index in [2.05, 4.69) is 0 Å². The van der Waals surface area contributed by atoms with Crippen LogP contribution in [-0.2, 0) is 34.0 Å². The number of ether oxygens (including phenoxy) is 4. The molecule has 0 spiro atoms. The Bertz CT molecular complexity index is 1460. The fraction of sp³-hybridized carbons (Fsp3) is 0.333. The van der Waals surface area contributed by atoms with E-state index in [1.165, 1.54) is 12.1 Å². The van der Waals surface area contributed by atoms with Crippen LogP contribution < -0.4 is 4.74 Å². The highest BCUT2D eigenvalue weighted by molar-refractivity contribution is 6.31. The molecule has 4 aromatic rings. The summed E-state index contributed by atoms with van der Waals surface area (Å²) < 4.78 is 53.8. The summed E-state index contributed by atoms with van der Waals surface area (Å²) >= 11 is 12.0. The lowest BCUT2D eigenvalue weighted by atomic mass is 9.84.